The third-order valence-electron chi connectivity index (χ3n) is 5.70. The van der Waals surface area contributed by atoms with Crippen molar-refractivity contribution in [3.63, 3.8) is 0 Å². The Morgan fingerprint density at radius 1 is 1.29 bits per heavy atom. The average Bonchev–Trinajstić information content (AvgIpc) is 2.59. The van der Waals surface area contributed by atoms with E-state index >= 15 is 0 Å². The Morgan fingerprint density at radius 2 is 1.96 bits per heavy atom. The summed E-state index contributed by atoms with van der Waals surface area (Å²) in [6.07, 6.45) is 1.91. The van der Waals surface area contributed by atoms with Gasteiger partial charge in [0.25, 0.3) is 0 Å². The maximum atomic E-state index is 12.7. The van der Waals surface area contributed by atoms with E-state index in [-0.39, 0.29) is 17.6 Å². The van der Waals surface area contributed by atoms with Gasteiger partial charge in [-0.2, -0.15) is 0 Å². The minimum atomic E-state index is 0.00658. The highest BCUT2D eigenvalue weighted by Crippen LogP contribution is 2.38. The van der Waals surface area contributed by atoms with E-state index in [1.807, 2.05) is 23.1 Å². The molecule has 2 aliphatic rings. The quantitative estimate of drug-likeness (QED) is 0.922. The van der Waals surface area contributed by atoms with E-state index in [9.17, 15) is 4.79 Å². The molecule has 2 aliphatic heterocycles. The van der Waals surface area contributed by atoms with E-state index in [4.69, 9.17) is 4.74 Å². The van der Waals surface area contributed by atoms with E-state index in [0.717, 1.165) is 32.6 Å². The molecule has 5 nitrogen and oxygen atoms in total. The average molecular weight is 331 g/mol. The van der Waals surface area contributed by atoms with Gasteiger partial charge in [-0.05, 0) is 38.4 Å². The summed E-state index contributed by atoms with van der Waals surface area (Å²) >= 11 is 0. The first-order valence-electron chi connectivity index (χ1n) is 8.88. The number of benzene rings is 1. The molecule has 2 saturated heterocycles. The zero-order valence-corrected chi connectivity index (χ0v) is 15.0. The number of hydrogen-bond acceptors (Lipinski definition) is 3. The predicted molar refractivity (Wildman–Crippen MR) is 94.9 cm³/mol. The van der Waals surface area contributed by atoms with Crippen molar-refractivity contribution in [2.45, 2.75) is 31.3 Å². The van der Waals surface area contributed by atoms with E-state index in [1.165, 1.54) is 5.56 Å². The zero-order valence-electron chi connectivity index (χ0n) is 15.0. The molecule has 0 saturated carbocycles. The molecule has 1 aromatic carbocycles. The van der Waals surface area contributed by atoms with Crippen LogP contribution in [-0.4, -0.2) is 61.8 Å². The summed E-state index contributed by atoms with van der Waals surface area (Å²) in [5.74, 6) is 0.504. The molecule has 0 bridgehead atoms. The van der Waals surface area contributed by atoms with Crippen molar-refractivity contribution in [2.75, 3.05) is 40.4 Å². The lowest BCUT2D eigenvalue weighted by Gasteiger charge is -2.48. The van der Waals surface area contributed by atoms with Gasteiger partial charge in [-0.3, -0.25) is 0 Å². The Hall–Kier alpha value is -1.59. The van der Waals surface area contributed by atoms with E-state index in [0.29, 0.717) is 12.5 Å². The molecular weight excluding hydrogens is 302 g/mol. The van der Waals surface area contributed by atoms with Crippen LogP contribution in [0.25, 0.3) is 0 Å². The molecular formula is C19H29N3O2. The van der Waals surface area contributed by atoms with Gasteiger partial charge in [-0.1, -0.05) is 37.3 Å². The molecule has 24 heavy (non-hydrogen) atoms. The van der Waals surface area contributed by atoms with Gasteiger partial charge in [-0.15, -0.1) is 0 Å². The molecule has 1 N–H and O–H groups in total. The Morgan fingerprint density at radius 3 is 2.54 bits per heavy atom. The fourth-order valence-electron chi connectivity index (χ4n) is 3.94. The van der Waals surface area contributed by atoms with E-state index in [2.05, 4.69) is 43.4 Å². The molecule has 0 aromatic heterocycles. The van der Waals surface area contributed by atoms with Crippen LogP contribution >= 0.6 is 0 Å². The van der Waals surface area contributed by atoms with E-state index < -0.39 is 0 Å². The van der Waals surface area contributed by atoms with Crippen LogP contribution in [0.15, 0.2) is 30.3 Å². The van der Waals surface area contributed by atoms with Gasteiger partial charge < -0.3 is 19.9 Å². The third kappa shape index (κ3) is 3.28. The fourth-order valence-corrected chi connectivity index (χ4v) is 3.94. The second-order valence-corrected chi connectivity index (χ2v) is 7.38. The summed E-state index contributed by atoms with van der Waals surface area (Å²) in [5, 5.41) is 3.19. The van der Waals surface area contributed by atoms with Gasteiger partial charge in [-0.25, -0.2) is 4.79 Å². The van der Waals surface area contributed by atoms with Crippen molar-refractivity contribution in [1.29, 1.82) is 0 Å². The number of ether oxygens (including phenoxy) is 1. The minimum Gasteiger partial charge on any atom is -0.381 e. The maximum absolute atomic E-state index is 12.7. The topological polar surface area (TPSA) is 44.8 Å². The number of carbonyl (C=O) groups excluding carboxylic acids is 1. The number of rotatable bonds is 4. The summed E-state index contributed by atoms with van der Waals surface area (Å²) in [5.41, 5.74) is 1.23. The van der Waals surface area contributed by atoms with Crippen molar-refractivity contribution < 1.29 is 9.53 Å². The van der Waals surface area contributed by atoms with E-state index in [1.54, 1.807) is 0 Å². The Kier molecular flexibility index (Phi) is 5.11. The first-order valence-corrected chi connectivity index (χ1v) is 8.88. The lowest BCUT2D eigenvalue weighted by molar-refractivity contribution is -0.00815. The fraction of sp³-hybridized carbons (Fsp3) is 0.632. The lowest BCUT2D eigenvalue weighted by Crippen LogP contribution is -2.60. The number of likely N-dealkylation sites (tertiary alicyclic amines) is 1. The molecule has 2 atom stereocenters. The van der Waals surface area contributed by atoms with Crippen LogP contribution in [0.1, 0.15) is 31.4 Å². The highest BCUT2D eigenvalue weighted by Gasteiger charge is 2.41. The van der Waals surface area contributed by atoms with Gasteiger partial charge in [0.2, 0.25) is 0 Å². The lowest BCUT2D eigenvalue weighted by atomic mass is 9.85. The second-order valence-electron chi connectivity index (χ2n) is 7.38. The smallest absolute Gasteiger partial charge is 0.318 e. The highest BCUT2D eigenvalue weighted by atomic mass is 16.5. The Bertz CT molecular complexity index is 555. The van der Waals surface area contributed by atoms with Crippen LogP contribution in [0.4, 0.5) is 4.79 Å². The van der Waals surface area contributed by atoms with Gasteiger partial charge in [0.05, 0.1) is 6.04 Å². The van der Waals surface area contributed by atoms with Gasteiger partial charge in [0, 0.05) is 31.8 Å². The Balaban J connectivity index is 1.62. The van der Waals surface area contributed by atoms with Gasteiger partial charge in [0.1, 0.15) is 0 Å². The normalized spacial score (nSPS) is 26.1. The summed E-state index contributed by atoms with van der Waals surface area (Å²) in [6.45, 7) is 5.24. The summed E-state index contributed by atoms with van der Waals surface area (Å²) in [4.78, 5) is 16.9. The van der Waals surface area contributed by atoms with Crippen LogP contribution in [0, 0.1) is 5.92 Å². The number of amides is 2. The number of urea groups is 1. The largest absolute Gasteiger partial charge is 0.381 e. The highest BCUT2D eigenvalue weighted by molar-refractivity contribution is 5.76. The van der Waals surface area contributed by atoms with Crippen LogP contribution in [-0.2, 0) is 4.74 Å². The minimum absolute atomic E-state index is 0.00658. The molecule has 0 spiro atoms. The molecule has 2 heterocycles. The maximum Gasteiger partial charge on any atom is 0.318 e. The van der Waals surface area contributed by atoms with Crippen LogP contribution < -0.4 is 5.32 Å². The molecule has 0 aliphatic carbocycles. The molecule has 1 aromatic rings. The predicted octanol–water partition coefficient (Wildman–Crippen LogP) is 2.50. The number of hydrogen-bond donors (Lipinski definition) is 1. The Labute approximate surface area is 145 Å². The summed E-state index contributed by atoms with van der Waals surface area (Å²) < 4.78 is 5.50. The molecule has 132 valence electrons. The van der Waals surface area contributed by atoms with Crippen molar-refractivity contribution in [2.24, 2.45) is 5.92 Å². The first kappa shape index (κ1) is 17.2. The molecule has 2 fully saturated rings. The number of carbonyl (C=O) groups is 1. The molecule has 2 amide bonds. The summed E-state index contributed by atoms with van der Waals surface area (Å²) in [6, 6.07) is 10.6. The SMILES string of the molecule is C[C@@H]1CN(C(=O)NCC2(N(C)C)CCOCC2)[C@H]1c1ccccc1. The standard InChI is InChI=1S/C19H29N3O2/c1-15-13-22(17(15)16-7-5-4-6-8-16)18(23)20-14-19(21(2)3)9-11-24-12-10-19/h4-8,15,17H,9-14H2,1-3H3,(H,20,23)/t15-,17-/m1/s1. The van der Waals surface area contributed by atoms with Crippen molar-refractivity contribution in [3.8, 4) is 0 Å². The third-order valence-corrected chi connectivity index (χ3v) is 5.70. The van der Waals surface area contributed by atoms with Crippen LogP contribution in [0.3, 0.4) is 0 Å². The number of nitrogens with one attached hydrogen (secondary N) is 1. The van der Waals surface area contributed by atoms with Gasteiger partial charge in [0.15, 0.2) is 0 Å². The summed E-state index contributed by atoms with van der Waals surface area (Å²) in [7, 11) is 4.19. The van der Waals surface area contributed by atoms with Gasteiger partial charge >= 0.3 is 6.03 Å². The molecule has 3 rings (SSSR count). The van der Waals surface area contributed by atoms with Crippen molar-refractivity contribution >= 4 is 6.03 Å². The second kappa shape index (κ2) is 7.11. The number of likely N-dealkylation sites (N-methyl/N-ethyl adjacent to an activating group) is 1. The molecule has 0 unspecified atom stereocenters. The van der Waals surface area contributed by atoms with Crippen LogP contribution in [0.2, 0.25) is 0 Å². The monoisotopic (exact) mass is 331 g/mol. The van der Waals surface area contributed by atoms with Crippen molar-refractivity contribution in [3.05, 3.63) is 35.9 Å². The first-order chi connectivity index (χ1) is 11.5. The molecule has 0 radical (unpaired) electrons. The number of nitrogens with zero attached hydrogens (tertiary/aromatic N) is 2. The zero-order chi connectivity index (χ0) is 17.2. The molecule has 5 heteroatoms. The van der Waals surface area contributed by atoms with Crippen molar-refractivity contribution in [1.82, 2.24) is 15.1 Å². The van der Waals surface area contributed by atoms with Crippen LogP contribution in [0.5, 0.6) is 0 Å².